The van der Waals surface area contributed by atoms with E-state index in [1.807, 2.05) is 73.1 Å². The topological polar surface area (TPSA) is 88.9 Å². The molecule has 1 aromatic heterocycles. The summed E-state index contributed by atoms with van der Waals surface area (Å²) in [6.07, 6.45) is 0.667. The molecular weight excluding hydrogens is 446 g/mol. The fourth-order valence-corrected chi connectivity index (χ4v) is 4.16. The number of hydrogen-bond acceptors (Lipinski definition) is 5. The molecule has 0 saturated heterocycles. The summed E-state index contributed by atoms with van der Waals surface area (Å²) in [5, 5.41) is 14.9. The number of hydrogen-bond donors (Lipinski definition) is 2. The summed E-state index contributed by atoms with van der Waals surface area (Å²) in [6, 6.07) is 24.6. The van der Waals surface area contributed by atoms with Crippen LogP contribution in [-0.2, 0) is 18.3 Å². The van der Waals surface area contributed by atoms with Crippen LogP contribution in [0.5, 0.6) is 0 Å². The van der Waals surface area contributed by atoms with Gasteiger partial charge in [-0.05, 0) is 42.3 Å². The second-order valence-corrected chi connectivity index (χ2v) is 8.77. The predicted molar refractivity (Wildman–Crippen MR) is 135 cm³/mol. The third kappa shape index (κ3) is 5.90. The van der Waals surface area contributed by atoms with Crippen LogP contribution in [-0.4, -0.2) is 32.3 Å². The third-order valence-electron chi connectivity index (χ3n) is 5.18. The molecule has 172 valence electrons. The van der Waals surface area contributed by atoms with Crippen molar-refractivity contribution in [1.82, 2.24) is 14.8 Å². The Labute approximate surface area is 202 Å². The summed E-state index contributed by atoms with van der Waals surface area (Å²) in [6.45, 7) is 1.96. The van der Waals surface area contributed by atoms with Gasteiger partial charge in [0.25, 0.3) is 5.91 Å². The van der Waals surface area contributed by atoms with Crippen molar-refractivity contribution in [3.63, 3.8) is 0 Å². The maximum atomic E-state index is 12.8. The van der Waals surface area contributed by atoms with Gasteiger partial charge in [0.15, 0.2) is 5.16 Å². The van der Waals surface area contributed by atoms with Gasteiger partial charge in [-0.1, -0.05) is 66.4 Å². The SMILES string of the molecule is Cc1cccc(NC(=O)c2ccccc2NC(=O)CSc2nnc(Cc3ccccc3)n2C)c1. The molecule has 4 rings (SSSR count). The number of carbonyl (C=O) groups excluding carboxylic acids is 2. The lowest BCUT2D eigenvalue weighted by Gasteiger charge is -2.12. The van der Waals surface area contributed by atoms with Gasteiger partial charge in [-0.15, -0.1) is 10.2 Å². The van der Waals surface area contributed by atoms with Gasteiger partial charge < -0.3 is 15.2 Å². The van der Waals surface area contributed by atoms with Crippen molar-refractivity contribution in [2.24, 2.45) is 7.05 Å². The van der Waals surface area contributed by atoms with Crippen molar-refractivity contribution in [1.29, 1.82) is 0 Å². The van der Waals surface area contributed by atoms with Gasteiger partial charge in [0, 0.05) is 19.2 Å². The molecule has 34 heavy (non-hydrogen) atoms. The summed E-state index contributed by atoms with van der Waals surface area (Å²) in [5.74, 6) is 0.458. The van der Waals surface area contributed by atoms with Gasteiger partial charge >= 0.3 is 0 Å². The minimum Gasteiger partial charge on any atom is -0.325 e. The number of aromatic nitrogens is 3. The van der Waals surface area contributed by atoms with Crippen molar-refractivity contribution >= 4 is 35.0 Å². The fraction of sp³-hybridized carbons (Fsp3) is 0.154. The third-order valence-corrected chi connectivity index (χ3v) is 6.20. The normalized spacial score (nSPS) is 10.6. The molecule has 0 aliphatic carbocycles. The van der Waals surface area contributed by atoms with Gasteiger partial charge in [-0.25, -0.2) is 0 Å². The summed E-state index contributed by atoms with van der Waals surface area (Å²) >= 11 is 1.30. The molecule has 0 fully saturated rings. The van der Waals surface area contributed by atoms with Crippen LogP contribution in [0.25, 0.3) is 0 Å². The minimum atomic E-state index is -0.284. The quantitative estimate of drug-likeness (QED) is 0.364. The minimum absolute atomic E-state index is 0.144. The van der Waals surface area contributed by atoms with Crippen LogP contribution in [0.2, 0.25) is 0 Å². The molecule has 8 heteroatoms. The standard InChI is InChI=1S/C26H25N5O2S/c1-18-9-8-12-20(15-18)27-25(33)21-13-6-7-14-22(21)28-24(32)17-34-26-30-29-23(31(26)2)16-19-10-4-3-5-11-19/h3-15H,16-17H2,1-2H3,(H,27,33)(H,28,32). The van der Waals surface area contributed by atoms with Gasteiger partial charge in [0.2, 0.25) is 5.91 Å². The van der Waals surface area contributed by atoms with Gasteiger partial charge in [0.1, 0.15) is 5.82 Å². The molecule has 0 radical (unpaired) electrons. The number of nitrogens with zero attached hydrogens (tertiary/aromatic N) is 3. The highest BCUT2D eigenvalue weighted by Gasteiger charge is 2.15. The van der Waals surface area contributed by atoms with Crippen LogP contribution in [0.15, 0.2) is 84.0 Å². The summed E-state index contributed by atoms with van der Waals surface area (Å²) in [5.41, 5.74) is 3.75. The number of thioether (sulfide) groups is 1. The molecule has 0 saturated carbocycles. The van der Waals surface area contributed by atoms with Crippen LogP contribution < -0.4 is 10.6 Å². The second kappa shape index (κ2) is 10.8. The van der Waals surface area contributed by atoms with Crippen LogP contribution in [0, 0.1) is 6.92 Å². The smallest absolute Gasteiger partial charge is 0.257 e. The molecule has 0 atom stereocenters. The summed E-state index contributed by atoms with van der Waals surface area (Å²) < 4.78 is 1.90. The number of anilines is 2. The zero-order valence-corrected chi connectivity index (χ0v) is 19.8. The molecule has 0 aliphatic rings. The van der Waals surface area contributed by atoms with E-state index in [4.69, 9.17) is 0 Å². The Morgan fingerprint density at radius 1 is 0.912 bits per heavy atom. The molecule has 2 amide bonds. The highest BCUT2D eigenvalue weighted by molar-refractivity contribution is 7.99. The Morgan fingerprint density at radius 2 is 1.68 bits per heavy atom. The van der Waals surface area contributed by atoms with Crippen LogP contribution >= 0.6 is 11.8 Å². The highest BCUT2D eigenvalue weighted by Crippen LogP contribution is 2.21. The van der Waals surface area contributed by atoms with E-state index < -0.39 is 0 Å². The van der Waals surface area contributed by atoms with Gasteiger partial charge in [-0.3, -0.25) is 9.59 Å². The fourth-order valence-electron chi connectivity index (χ4n) is 3.43. The lowest BCUT2D eigenvalue weighted by atomic mass is 10.1. The number of rotatable bonds is 8. The largest absolute Gasteiger partial charge is 0.325 e. The van der Waals surface area contributed by atoms with Crippen LogP contribution in [0.4, 0.5) is 11.4 Å². The maximum Gasteiger partial charge on any atom is 0.257 e. The Balaban J connectivity index is 1.37. The van der Waals surface area contributed by atoms with E-state index in [1.54, 1.807) is 24.3 Å². The average molecular weight is 472 g/mol. The van der Waals surface area contributed by atoms with E-state index in [0.29, 0.717) is 28.5 Å². The number of para-hydroxylation sites is 1. The van der Waals surface area contributed by atoms with Crippen molar-refractivity contribution in [3.8, 4) is 0 Å². The van der Waals surface area contributed by atoms with E-state index in [2.05, 4.69) is 20.8 Å². The Kier molecular flexibility index (Phi) is 7.39. The van der Waals surface area contributed by atoms with Crippen molar-refractivity contribution in [2.45, 2.75) is 18.5 Å². The molecule has 0 unspecified atom stereocenters. The zero-order chi connectivity index (χ0) is 23.9. The summed E-state index contributed by atoms with van der Waals surface area (Å²) in [7, 11) is 1.89. The number of nitrogens with one attached hydrogen (secondary N) is 2. The van der Waals surface area contributed by atoms with Crippen molar-refractivity contribution < 1.29 is 9.59 Å². The first kappa shape index (κ1) is 23.3. The Bertz CT molecular complexity index is 1300. The van der Waals surface area contributed by atoms with Crippen LogP contribution in [0.1, 0.15) is 27.3 Å². The van der Waals surface area contributed by atoms with Gasteiger partial charge in [0.05, 0.1) is 17.0 Å². The molecule has 4 aromatic rings. The molecule has 0 bridgehead atoms. The van der Waals surface area contributed by atoms with E-state index in [9.17, 15) is 9.59 Å². The molecule has 0 spiro atoms. The Hall–Kier alpha value is -3.91. The number of amides is 2. The molecule has 0 aliphatic heterocycles. The maximum absolute atomic E-state index is 12.8. The lowest BCUT2D eigenvalue weighted by molar-refractivity contribution is -0.113. The number of benzene rings is 3. The highest BCUT2D eigenvalue weighted by atomic mass is 32.2. The van der Waals surface area contributed by atoms with E-state index in [-0.39, 0.29) is 17.6 Å². The first-order valence-electron chi connectivity index (χ1n) is 10.8. The molecule has 3 aromatic carbocycles. The summed E-state index contributed by atoms with van der Waals surface area (Å²) in [4.78, 5) is 25.5. The first-order chi connectivity index (χ1) is 16.5. The molecular formula is C26H25N5O2S. The second-order valence-electron chi connectivity index (χ2n) is 7.83. The Morgan fingerprint density at radius 3 is 2.47 bits per heavy atom. The molecule has 1 heterocycles. The predicted octanol–water partition coefficient (Wildman–Crippen LogP) is 4.70. The van der Waals surface area contributed by atoms with E-state index >= 15 is 0 Å². The van der Waals surface area contributed by atoms with Crippen molar-refractivity contribution in [2.75, 3.05) is 16.4 Å². The van der Waals surface area contributed by atoms with E-state index in [0.717, 1.165) is 17.0 Å². The van der Waals surface area contributed by atoms with Crippen LogP contribution in [0.3, 0.4) is 0 Å². The van der Waals surface area contributed by atoms with Crippen molar-refractivity contribution in [3.05, 3.63) is 101 Å². The molecule has 2 N–H and O–H groups in total. The first-order valence-corrected chi connectivity index (χ1v) is 11.8. The number of carbonyl (C=O) groups is 2. The zero-order valence-electron chi connectivity index (χ0n) is 19.0. The monoisotopic (exact) mass is 471 g/mol. The molecule has 7 nitrogen and oxygen atoms in total. The number of aryl methyl sites for hydroxylation is 1. The lowest BCUT2D eigenvalue weighted by Crippen LogP contribution is -2.19. The van der Waals surface area contributed by atoms with E-state index in [1.165, 1.54) is 11.8 Å². The average Bonchev–Trinajstić information content (AvgIpc) is 3.17. The van der Waals surface area contributed by atoms with Gasteiger partial charge in [-0.2, -0.15) is 0 Å².